The second-order valence-electron chi connectivity index (χ2n) is 4.01. The molecular formula is C14H10ClNO3S. The molecule has 0 saturated carbocycles. The Morgan fingerprint density at radius 1 is 1.30 bits per heavy atom. The molecule has 0 aliphatic carbocycles. The molecule has 0 spiro atoms. The van der Waals surface area contributed by atoms with Gasteiger partial charge in [0.05, 0.1) is 6.26 Å². The molecule has 2 rings (SSSR count). The van der Waals surface area contributed by atoms with Gasteiger partial charge in [0.2, 0.25) is 0 Å². The van der Waals surface area contributed by atoms with Crippen LogP contribution in [0.2, 0.25) is 5.02 Å². The van der Waals surface area contributed by atoms with E-state index in [-0.39, 0.29) is 10.7 Å². The highest BCUT2D eigenvalue weighted by atomic mass is 35.5. The third kappa shape index (κ3) is 3.50. The molecule has 0 radical (unpaired) electrons. The van der Waals surface area contributed by atoms with Crippen LogP contribution >= 0.6 is 11.6 Å². The summed E-state index contributed by atoms with van der Waals surface area (Å²) in [6.07, 6.45) is 2.70. The molecule has 1 aromatic carbocycles. The zero-order valence-electron chi connectivity index (χ0n) is 10.3. The number of allylic oxidation sites excluding steroid dienone is 1. The molecule has 1 aromatic heterocycles. The van der Waals surface area contributed by atoms with Gasteiger partial charge in [-0.1, -0.05) is 23.7 Å². The van der Waals surface area contributed by atoms with Crippen molar-refractivity contribution < 1.29 is 12.8 Å². The maximum atomic E-state index is 12.1. The Morgan fingerprint density at radius 3 is 2.55 bits per heavy atom. The number of nitrogens with zero attached hydrogens (tertiary/aromatic N) is 1. The summed E-state index contributed by atoms with van der Waals surface area (Å²) in [5.74, 6) is -0.0465. The van der Waals surface area contributed by atoms with Crippen LogP contribution in [0.4, 0.5) is 0 Å². The molecule has 0 N–H and O–H groups in total. The van der Waals surface area contributed by atoms with E-state index >= 15 is 0 Å². The summed E-state index contributed by atoms with van der Waals surface area (Å²) in [5, 5.41) is 9.59. The highest BCUT2D eigenvalue weighted by Gasteiger charge is 2.20. The summed E-state index contributed by atoms with van der Waals surface area (Å²) in [5.41, 5.74) is 0.592. The predicted octanol–water partition coefficient (Wildman–Crippen LogP) is 3.41. The molecule has 0 aliphatic rings. The molecule has 6 heteroatoms. The first-order chi connectivity index (χ1) is 9.51. The second kappa shape index (κ2) is 5.95. The van der Waals surface area contributed by atoms with Crippen LogP contribution in [0, 0.1) is 11.3 Å². The van der Waals surface area contributed by atoms with Crippen LogP contribution in [-0.4, -0.2) is 8.42 Å². The van der Waals surface area contributed by atoms with Gasteiger partial charge in [0.25, 0.3) is 0 Å². The molecule has 0 unspecified atom stereocenters. The lowest BCUT2D eigenvalue weighted by molar-refractivity contribution is 0.522. The van der Waals surface area contributed by atoms with E-state index in [0.29, 0.717) is 16.3 Å². The van der Waals surface area contributed by atoms with Gasteiger partial charge in [0, 0.05) is 5.02 Å². The molecule has 4 nitrogen and oxygen atoms in total. The van der Waals surface area contributed by atoms with Gasteiger partial charge in [-0.15, -0.1) is 0 Å². The normalized spacial score (nSPS) is 12.1. The third-order valence-electron chi connectivity index (χ3n) is 2.53. The van der Waals surface area contributed by atoms with Gasteiger partial charge in [0.1, 0.15) is 22.5 Å². The zero-order valence-corrected chi connectivity index (χ0v) is 11.9. The van der Waals surface area contributed by atoms with Crippen molar-refractivity contribution >= 4 is 27.5 Å². The molecular weight excluding hydrogens is 298 g/mol. The maximum Gasteiger partial charge on any atom is 0.195 e. The quantitative estimate of drug-likeness (QED) is 0.811. The molecule has 0 fully saturated rings. The van der Waals surface area contributed by atoms with Crippen LogP contribution in [0.15, 0.2) is 52.0 Å². The maximum absolute atomic E-state index is 12.1. The minimum absolute atomic E-state index is 0.294. The van der Waals surface area contributed by atoms with E-state index in [1.807, 2.05) is 0 Å². The molecule has 0 bridgehead atoms. The van der Waals surface area contributed by atoms with Crippen LogP contribution < -0.4 is 0 Å². The van der Waals surface area contributed by atoms with E-state index < -0.39 is 9.84 Å². The summed E-state index contributed by atoms with van der Waals surface area (Å²) < 4.78 is 29.2. The Hall–Kier alpha value is -2.03. The van der Waals surface area contributed by atoms with Crippen molar-refractivity contribution in [1.29, 1.82) is 5.26 Å². The Bertz CT molecular complexity index is 754. The summed E-state index contributed by atoms with van der Waals surface area (Å²) in [7, 11) is -3.73. The number of nitriles is 1. The van der Waals surface area contributed by atoms with Gasteiger partial charge in [-0.25, -0.2) is 8.42 Å². The molecule has 0 amide bonds. The third-order valence-corrected chi connectivity index (χ3v) is 4.32. The largest absolute Gasteiger partial charge is 0.468 e. The van der Waals surface area contributed by atoms with E-state index in [2.05, 4.69) is 0 Å². The van der Waals surface area contributed by atoms with Crippen molar-refractivity contribution in [2.45, 2.75) is 5.75 Å². The first kappa shape index (κ1) is 14.4. The number of rotatable bonds is 4. The molecule has 0 saturated heterocycles. The summed E-state index contributed by atoms with van der Waals surface area (Å²) in [4.78, 5) is -0.309. The van der Waals surface area contributed by atoms with Gasteiger partial charge in [-0.3, -0.25) is 0 Å². The topological polar surface area (TPSA) is 71.1 Å². The summed E-state index contributed by atoms with van der Waals surface area (Å²) in [6, 6.07) is 11.4. The first-order valence-corrected chi connectivity index (χ1v) is 7.67. The number of furan rings is 1. The van der Waals surface area contributed by atoms with Gasteiger partial charge in [0.15, 0.2) is 9.84 Å². The van der Waals surface area contributed by atoms with E-state index in [4.69, 9.17) is 21.3 Å². The lowest BCUT2D eigenvalue weighted by Crippen LogP contribution is -2.05. The number of benzene rings is 1. The second-order valence-corrected chi connectivity index (χ2v) is 6.40. The van der Waals surface area contributed by atoms with Gasteiger partial charge in [-0.05, 0) is 35.9 Å². The Labute approximate surface area is 121 Å². The van der Waals surface area contributed by atoms with Crippen molar-refractivity contribution in [2.75, 3.05) is 0 Å². The molecule has 2 aromatic rings. The van der Waals surface area contributed by atoms with Gasteiger partial charge >= 0.3 is 0 Å². The smallest absolute Gasteiger partial charge is 0.195 e. The van der Waals surface area contributed by atoms with Crippen molar-refractivity contribution in [1.82, 2.24) is 0 Å². The Morgan fingerprint density at radius 2 is 2.00 bits per heavy atom. The van der Waals surface area contributed by atoms with Gasteiger partial charge < -0.3 is 4.42 Å². The molecule has 0 atom stereocenters. The Kier molecular flexibility index (Phi) is 4.28. The van der Waals surface area contributed by atoms with Crippen LogP contribution in [0.5, 0.6) is 0 Å². The SMILES string of the molecule is N#CC(=Cc1ccc(Cl)cc1)S(=O)(=O)Cc1ccco1. The van der Waals surface area contributed by atoms with Crippen LogP contribution in [-0.2, 0) is 15.6 Å². The van der Waals surface area contributed by atoms with Crippen molar-refractivity contribution in [3.05, 3.63) is 63.9 Å². The summed E-state index contributed by atoms with van der Waals surface area (Å²) >= 11 is 5.75. The summed E-state index contributed by atoms with van der Waals surface area (Å²) in [6.45, 7) is 0. The highest BCUT2D eigenvalue weighted by molar-refractivity contribution is 7.94. The lowest BCUT2D eigenvalue weighted by Gasteiger charge is -2.01. The van der Waals surface area contributed by atoms with Crippen LogP contribution in [0.1, 0.15) is 11.3 Å². The minimum Gasteiger partial charge on any atom is -0.468 e. The standard InChI is InChI=1S/C14H10ClNO3S/c15-12-5-3-11(4-6-12)8-14(9-16)20(17,18)10-13-2-1-7-19-13/h1-8H,10H2. The number of hydrogen-bond donors (Lipinski definition) is 0. The number of sulfone groups is 1. The fourth-order valence-corrected chi connectivity index (χ4v) is 2.84. The monoisotopic (exact) mass is 307 g/mol. The van der Waals surface area contributed by atoms with Crippen LogP contribution in [0.25, 0.3) is 6.08 Å². The fraction of sp³-hybridized carbons (Fsp3) is 0.0714. The average Bonchev–Trinajstić information content (AvgIpc) is 2.90. The number of halogens is 1. The molecule has 1 heterocycles. The Balaban J connectivity index is 2.32. The molecule has 0 aliphatic heterocycles. The van der Waals surface area contributed by atoms with Crippen molar-refractivity contribution in [3.8, 4) is 6.07 Å². The number of hydrogen-bond acceptors (Lipinski definition) is 4. The lowest BCUT2D eigenvalue weighted by atomic mass is 10.2. The van der Waals surface area contributed by atoms with Crippen molar-refractivity contribution in [3.63, 3.8) is 0 Å². The molecule has 20 heavy (non-hydrogen) atoms. The van der Waals surface area contributed by atoms with E-state index in [9.17, 15) is 8.42 Å². The van der Waals surface area contributed by atoms with Crippen molar-refractivity contribution in [2.24, 2.45) is 0 Å². The minimum atomic E-state index is -3.73. The molecule has 102 valence electrons. The predicted molar refractivity (Wildman–Crippen MR) is 76.4 cm³/mol. The van der Waals surface area contributed by atoms with Crippen LogP contribution in [0.3, 0.4) is 0 Å². The van der Waals surface area contributed by atoms with E-state index in [0.717, 1.165) is 0 Å². The highest BCUT2D eigenvalue weighted by Crippen LogP contribution is 2.18. The van der Waals surface area contributed by atoms with E-state index in [1.165, 1.54) is 12.3 Å². The average molecular weight is 308 g/mol. The van der Waals surface area contributed by atoms with Gasteiger partial charge in [-0.2, -0.15) is 5.26 Å². The van der Waals surface area contributed by atoms with E-state index in [1.54, 1.807) is 42.5 Å². The fourth-order valence-electron chi connectivity index (χ4n) is 1.56. The zero-order chi connectivity index (χ0) is 14.6. The first-order valence-electron chi connectivity index (χ1n) is 5.64.